The Hall–Kier alpha value is -2.45. The van der Waals surface area contributed by atoms with Crippen LogP contribution in [0.3, 0.4) is 0 Å². The lowest BCUT2D eigenvalue weighted by Crippen LogP contribution is -2.29. The Labute approximate surface area is 183 Å². The van der Waals surface area contributed by atoms with Crippen LogP contribution in [0.25, 0.3) is 0 Å². The first kappa shape index (κ1) is 23.2. The van der Waals surface area contributed by atoms with Gasteiger partial charge in [-0.2, -0.15) is 0 Å². The molecule has 8 heteroatoms. The second-order valence-electron chi connectivity index (χ2n) is 7.69. The van der Waals surface area contributed by atoms with Gasteiger partial charge in [0.15, 0.2) is 0 Å². The van der Waals surface area contributed by atoms with Gasteiger partial charge in [-0.05, 0) is 49.6 Å². The number of rotatable bonds is 9. The summed E-state index contributed by atoms with van der Waals surface area (Å²) in [5.41, 5.74) is 0.173. The monoisotopic (exact) mass is 448 g/mol. The molecule has 1 aliphatic carbocycles. The minimum absolute atomic E-state index is 0.0599. The molecule has 0 saturated heterocycles. The van der Waals surface area contributed by atoms with Crippen LogP contribution in [0.5, 0.6) is 0 Å². The molecule has 0 atom stereocenters. The second-order valence-corrected chi connectivity index (χ2v) is 9.66. The van der Waals surface area contributed by atoms with E-state index >= 15 is 0 Å². The van der Waals surface area contributed by atoms with Crippen LogP contribution in [0.15, 0.2) is 53.4 Å². The number of anilines is 1. The van der Waals surface area contributed by atoms with Crippen molar-refractivity contribution in [2.75, 3.05) is 24.5 Å². The number of amides is 1. The van der Waals surface area contributed by atoms with Gasteiger partial charge in [-0.1, -0.05) is 37.5 Å². The minimum atomic E-state index is -4.02. The lowest BCUT2D eigenvalue weighted by Gasteiger charge is -2.22. The average Bonchev–Trinajstić information content (AvgIpc) is 2.79. The molecule has 6 nitrogen and oxygen atoms in total. The number of nitrogens with zero attached hydrogens (tertiary/aromatic N) is 1. The fourth-order valence-electron chi connectivity index (χ4n) is 3.65. The van der Waals surface area contributed by atoms with Crippen molar-refractivity contribution in [3.63, 3.8) is 0 Å². The molecule has 2 aromatic rings. The van der Waals surface area contributed by atoms with E-state index in [4.69, 9.17) is 4.74 Å². The zero-order valence-electron chi connectivity index (χ0n) is 17.7. The standard InChI is InChI=1S/C23H29FN2O4S/c1-26(22-14-6-5-13-21(22)24)31(28,29)20-12-7-9-18(17-20)23(27)25-15-8-16-30-19-10-3-2-4-11-19/h5-7,9,12-14,17,19H,2-4,8,10-11,15-16H2,1H3,(H,25,27). The fraction of sp³-hybridized carbons (Fsp3) is 0.435. The highest BCUT2D eigenvalue weighted by molar-refractivity contribution is 7.92. The third-order valence-corrected chi connectivity index (χ3v) is 7.23. The number of hydrogen-bond donors (Lipinski definition) is 1. The van der Waals surface area contributed by atoms with Gasteiger partial charge in [0.05, 0.1) is 16.7 Å². The van der Waals surface area contributed by atoms with Gasteiger partial charge >= 0.3 is 0 Å². The number of para-hydroxylation sites is 1. The Bertz CT molecular complexity index is 991. The van der Waals surface area contributed by atoms with Gasteiger partial charge in [0.25, 0.3) is 15.9 Å². The summed E-state index contributed by atoms with van der Waals surface area (Å²) in [5, 5.41) is 2.80. The molecule has 1 saturated carbocycles. The molecule has 1 amide bonds. The van der Waals surface area contributed by atoms with Crippen molar-refractivity contribution in [2.24, 2.45) is 0 Å². The fourth-order valence-corrected chi connectivity index (χ4v) is 4.90. The normalized spacial score (nSPS) is 14.9. The third kappa shape index (κ3) is 6.04. The lowest BCUT2D eigenvalue weighted by molar-refractivity contribution is 0.0273. The molecule has 0 radical (unpaired) electrons. The Morgan fingerprint density at radius 3 is 2.61 bits per heavy atom. The Balaban J connectivity index is 1.57. The minimum Gasteiger partial charge on any atom is -0.378 e. The first-order chi connectivity index (χ1) is 14.9. The van der Waals surface area contributed by atoms with E-state index in [1.54, 1.807) is 12.1 Å². The molecule has 0 heterocycles. The number of ether oxygens (including phenoxy) is 1. The quantitative estimate of drug-likeness (QED) is 0.586. The van der Waals surface area contributed by atoms with Crippen molar-refractivity contribution in [3.05, 3.63) is 59.9 Å². The van der Waals surface area contributed by atoms with E-state index in [0.29, 0.717) is 25.7 Å². The summed E-state index contributed by atoms with van der Waals surface area (Å²) in [6.07, 6.45) is 6.94. The Kier molecular flexibility index (Phi) is 8.03. The highest BCUT2D eigenvalue weighted by Gasteiger charge is 2.24. The summed E-state index contributed by atoms with van der Waals surface area (Å²) in [5.74, 6) is -0.999. The largest absolute Gasteiger partial charge is 0.378 e. The van der Waals surface area contributed by atoms with E-state index in [1.807, 2.05) is 0 Å². The Morgan fingerprint density at radius 2 is 1.87 bits per heavy atom. The highest BCUT2D eigenvalue weighted by Crippen LogP contribution is 2.25. The molecule has 0 aromatic heterocycles. The molecule has 0 unspecified atom stereocenters. The maximum Gasteiger partial charge on any atom is 0.264 e. The molecule has 2 aromatic carbocycles. The van der Waals surface area contributed by atoms with Crippen LogP contribution in [-0.4, -0.2) is 40.6 Å². The highest BCUT2D eigenvalue weighted by atomic mass is 32.2. The smallest absolute Gasteiger partial charge is 0.264 e. The van der Waals surface area contributed by atoms with E-state index < -0.39 is 15.8 Å². The lowest BCUT2D eigenvalue weighted by atomic mass is 9.98. The van der Waals surface area contributed by atoms with Crippen LogP contribution >= 0.6 is 0 Å². The van der Waals surface area contributed by atoms with Gasteiger partial charge < -0.3 is 10.1 Å². The van der Waals surface area contributed by atoms with Crippen molar-refractivity contribution in [2.45, 2.75) is 49.5 Å². The molecule has 1 N–H and O–H groups in total. The predicted octanol–water partition coefficient (Wildman–Crippen LogP) is 4.12. The maximum absolute atomic E-state index is 14.0. The molecule has 1 aliphatic rings. The summed E-state index contributed by atoms with van der Waals surface area (Å²) in [4.78, 5) is 12.4. The Morgan fingerprint density at radius 1 is 1.13 bits per heavy atom. The summed E-state index contributed by atoms with van der Waals surface area (Å²) in [6.45, 7) is 1.03. The molecule has 1 fully saturated rings. The van der Waals surface area contributed by atoms with E-state index in [1.165, 1.54) is 62.7 Å². The zero-order chi connectivity index (χ0) is 22.3. The van der Waals surface area contributed by atoms with Crippen LogP contribution < -0.4 is 9.62 Å². The number of nitrogens with one attached hydrogen (secondary N) is 1. The summed E-state index contributed by atoms with van der Waals surface area (Å²) < 4.78 is 46.6. The SMILES string of the molecule is CN(c1ccccc1F)S(=O)(=O)c1cccc(C(=O)NCCCOC2CCCCC2)c1. The number of carbonyl (C=O) groups excluding carboxylic acids is 1. The summed E-state index contributed by atoms with van der Waals surface area (Å²) in [6, 6.07) is 11.4. The van der Waals surface area contributed by atoms with Gasteiger partial charge in [0.1, 0.15) is 5.82 Å². The number of hydrogen-bond acceptors (Lipinski definition) is 4. The molecule has 0 bridgehead atoms. The van der Waals surface area contributed by atoms with Gasteiger partial charge in [-0.25, -0.2) is 12.8 Å². The maximum atomic E-state index is 14.0. The zero-order valence-corrected chi connectivity index (χ0v) is 18.5. The molecule has 168 valence electrons. The predicted molar refractivity (Wildman–Crippen MR) is 118 cm³/mol. The first-order valence-corrected chi connectivity index (χ1v) is 12.1. The number of carbonyl (C=O) groups is 1. The van der Waals surface area contributed by atoms with E-state index in [0.717, 1.165) is 17.1 Å². The second kappa shape index (κ2) is 10.7. The van der Waals surface area contributed by atoms with Crippen molar-refractivity contribution < 1.29 is 22.3 Å². The molecule has 31 heavy (non-hydrogen) atoms. The van der Waals surface area contributed by atoms with Crippen LogP contribution in [0.2, 0.25) is 0 Å². The molecular formula is C23H29FN2O4S. The van der Waals surface area contributed by atoms with Crippen LogP contribution in [0.4, 0.5) is 10.1 Å². The van der Waals surface area contributed by atoms with E-state index in [2.05, 4.69) is 5.32 Å². The molecular weight excluding hydrogens is 419 g/mol. The number of halogens is 1. The van der Waals surface area contributed by atoms with Gasteiger partial charge in [-0.3, -0.25) is 9.10 Å². The van der Waals surface area contributed by atoms with Crippen LogP contribution in [0, 0.1) is 5.82 Å². The summed E-state index contributed by atoms with van der Waals surface area (Å²) in [7, 11) is -2.73. The van der Waals surface area contributed by atoms with Crippen molar-refractivity contribution in [1.29, 1.82) is 0 Å². The topological polar surface area (TPSA) is 75.7 Å². The molecule has 3 rings (SSSR count). The number of sulfonamides is 1. The van der Waals surface area contributed by atoms with Crippen molar-refractivity contribution in [1.82, 2.24) is 5.32 Å². The first-order valence-electron chi connectivity index (χ1n) is 10.6. The van der Waals surface area contributed by atoms with Crippen LogP contribution in [-0.2, 0) is 14.8 Å². The average molecular weight is 449 g/mol. The van der Waals surface area contributed by atoms with Gasteiger partial charge in [0.2, 0.25) is 0 Å². The van der Waals surface area contributed by atoms with E-state index in [9.17, 15) is 17.6 Å². The summed E-state index contributed by atoms with van der Waals surface area (Å²) >= 11 is 0. The third-order valence-electron chi connectivity index (χ3n) is 5.46. The molecule has 0 aliphatic heterocycles. The van der Waals surface area contributed by atoms with Crippen LogP contribution in [0.1, 0.15) is 48.9 Å². The van der Waals surface area contributed by atoms with Gasteiger partial charge in [0, 0.05) is 25.8 Å². The van der Waals surface area contributed by atoms with Gasteiger partial charge in [-0.15, -0.1) is 0 Å². The number of benzene rings is 2. The van der Waals surface area contributed by atoms with E-state index in [-0.39, 0.29) is 22.1 Å². The molecule has 0 spiro atoms. The van der Waals surface area contributed by atoms with Crippen molar-refractivity contribution in [3.8, 4) is 0 Å². The van der Waals surface area contributed by atoms with Crippen molar-refractivity contribution >= 4 is 21.6 Å².